The van der Waals surface area contributed by atoms with E-state index < -0.39 is 24.0 Å². The van der Waals surface area contributed by atoms with Crippen molar-refractivity contribution in [1.29, 1.82) is 0 Å². The van der Waals surface area contributed by atoms with E-state index in [4.69, 9.17) is 4.74 Å². The molecule has 1 rings (SSSR count). The molecule has 4 nitrogen and oxygen atoms in total. The lowest BCUT2D eigenvalue weighted by molar-refractivity contribution is 0.0813. The Kier molecular flexibility index (Phi) is 6.22. The second-order valence-corrected chi connectivity index (χ2v) is 7.80. The van der Waals surface area contributed by atoms with E-state index in [9.17, 15) is 13.0 Å². The molecule has 0 bridgehead atoms. The molecule has 7 heteroatoms. The molecular weight excluding hydrogens is 298 g/mol. The highest BCUT2D eigenvalue weighted by molar-refractivity contribution is 7.84. The molecule has 0 aliphatic heterocycles. The predicted molar refractivity (Wildman–Crippen MR) is 79.9 cm³/mol. The molecule has 0 fully saturated rings. The number of hydrogen-bond donors (Lipinski definition) is 1. The van der Waals surface area contributed by atoms with Crippen LogP contribution in [0.1, 0.15) is 45.0 Å². The number of alkyl halides is 2. The van der Waals surface area contributed by atoms with Gasteiger partial charge in [0.1, 0.15) is 12.4 Å². The zero-order valence-electron chi connectivity index (χ0n) is 12.9. The zero-order valence-corrected chi connectivity index (χ0v) is 13.8. The molecule has 1 N–H and O–H groups in total. The van der Waals surface area contributed by atoms with Crippen molar-refractivity contribution in [1.82, 2.24) is 9.71 Å². The second-order valence-electron chi connectivity index (χ2n) is 5.80. The Morgan fingerprint density at radius 3 is 2.52 bits per heavy atom. The van der Waals surface area contributed by atoms with Crippen LogP contribution in [0, 0.1) is 6.92 Å². The van der Waals surface area contributed by atoms with Crippen LogP contribution in [0.2, 0.25) is 0 Å². The molecule has 0 aromatic carbocycles. The average Bonchev–Trinajstić information content (AvgIpc) is 2.35. The molecule has 2 unspecified atom stereocenters. The smallest absolute Gasteiger partial charge is 0.272 e. The topological polar surface area (TPSA) is 51.2 Å². The monoisotopic (exact) mass is 320 g/mol. The summed E-state index contributed by atoms with van der Waals surface area (Å²) in [6, 6.07) is 1.53. The van der Waals surface area contributed by atoms with Gasteiger partial charge in [-0.05, 0) is 46.2 Å². The summed E-state index contributed by atoms with van der Waals surface area (Å²) in [4.78, 5) is 4.19. The van der Waals surface area contributed by atoms with Crippen LogP contribution in [0.5, 0.6) is 5.75 Å². The average molecular weight is 320 g/mol. The predicted octanol–water partition coefficient (Wildman–Crippen LogP) is 3.15. The third-order valence-corrected chi connectivity index (χ3v) is 4.41. The number of aryl methyl sites for hydroxylation is 1. The maximum Gasteiger partial charge on any atom is 0.272 e. The van der Waals surface area contributed by atoms with E-state index in [1.54, 1.807) is 13.0 Å². The summed E-state index contributed by atoms with van der Waals surface area (Å²) in [7, 11) is -1.21. The van der Waals surface area contributed by atoms with Gasteiger partial charge in [0.25, 0.3) is 6.43 Å². The summed E-state index contributed by atoms with van der Waals surface area (Å²) in [5, 5.41) is 0. The minimum atomic E-state index is -2.51. The van der Waals surface area contributed by atoms with E-state index in [0.717, 1.165) is 5.56 Å². The summed E-state index contributed by atoms with van der Waals surface area (Å²) in [5.74, 6) is 0.336. The van der Waals surface area contributed by atoms with Crippen molar-refractivity contribution in [3.05, 3.63) is 23.5 Å². The van der Waals surface area contributed by atoms with Gasteiger partial charge in [-0.2, -0.15) is 0 Å². The van der Waals surface area contributed by atoms with Gasteiger partial charge >= 0.3 is 0 Å². The Bertz CT molecular complexity index is 504. The summed E-state index contributed by atoms with van der Waals surface area (Å²) < 4.78 is 43.9. The molecule has 1 heterocycles. The van der Waals surface area contributed by atoms with Gasteiger partial charge in [0, 0.05) is 0 Å². The number of pyridine rings is 1. The van der Waals surface area contributed by atoms with Gasteiger partial charge in [0.15, 0.2) is 0 Å². The van der Waals surface area contributed by atoms with Gasteiger partial charge in [0.2, 0.25) is 0 Å². The first-order chi connectivity index (χ1) is 9.61. The highest BCUT2D eigenvalue weighted by Gasteiger charge is 2.22. The molecule has 0 spiro atoms. The van der Waals surface area contributed by atoms with Crippen LogP contribution in [0.3, 0.4) is 0 Å². The van der Waals surface area contributed by atoms with Crippen molar-refractivity contribution in [2.45, 2.75) is 51.8 Å². The minimum Gasteiger partial charge on any atom is -0.486 e. The van der Waals surface area contributed by atoms with Crippen LogP contribution in [-0.4, -0.2) is 27.0 Å². The fourth-order valence-corrected chi connectivity index (χ4v) is 2.30. The SMILES string of the molecule is Cc1cc(C(C)NS(=O)C(C)(C)C)ncc1OCC(F)F. The van der Waals surface area contributed by atoms with E-state index in [-0.39, 0.29) is 10.8 Å². The molecule has 120 valence electrons. The lowest BCUT2D eigenvalue weighted by atomic mass is 10.1. The second kappa shape index (κ2) is 7.26. The van der Waals surface area contributed by atoms with Crippen molar-refractivity contribution in [2.75, 3.05) is 6.61 Å². The highest BCUT2D eigenvalue weighted by atomic mass is 32.2. The van der Waals surface area contributed by atoms with Crippen molar-refractivity contribution >= 4 is 11.0 Å². The van der Waals surface area contributed by atoms with Gasteiger partial charge in [-0.3, -0.25) is 4.98 Å². The number of halogens is 2. The normalized spacial score (nSPS) is 15.0. The molecule has 21 heavy (non-hydrogen) atoms. The Morgan fingerprint density at radius 1 is 1.43 bits per heavy atom. The van der Waals surface area contributed by atoms with Gasteiger partial charge in [-0.1, -0.05) is 0 Å². The number of hydrogen-bond acceptors (Lipinski definition) is 3. The first kappa shape index (κ1) is 18.0. The molecule has 0 amide bonds. The Labute approximate surface area is 126 Å². The van der Waals surface area contributed by atoms with E-state index >= 15 is 0 Å². The van der Waals surface area contributed by atoms with Crippen LogP contribution < -0.4 is 9.46 Å². The quantitative estimate of drug-likeness (QED) is 0.876. The Balaban J connectivity index is 2.76. The maximum atomic E-state index is 12.1. The third kappa shape index (κ3) is 5.67. The van der Waals surface area contributed by atoms with Crippen LogP contribution in [0.4, 0.5) is 8.78 Å². The molecule has 0 saturated carbocycles. The fraction of sp³-hybridized carbons (Fsp3) is 0.643. The van der Waals surface area contributed by atoms with Gasteiger partial charge in [-0.15, -0.1) is 0 Å². The van der Waals surface area contributed by atoms with E-state index in [1.165, 1.54) is 6.20 Å². The molecule has 1 aromatic heterocycles. The highest BCUT2D eigenvalue weighted by Crippen LogP contribution is 2.22. The van der Waals surface area contributed by atoms with Crippen molar-refractivity contribution < 1.29 is 17.7 Å². The van der Waals surface area contributed by atoms with E-state index in [1.807, 2.05) is 27.7 Å². The van der Waals surface area contributed by atoms with E-state index in [2.05, 4.69) is 9.71 Å². The van der Waals surface area contributed by atoms with Crippen molar-refractivity contribution in [3.8, 4) is 5.75 Å². The molecule has 0 radical (unpaired) electrons. The summed E-state index contributed by atoms with van der Waals surface area (Å²) in [6.07, 6.45) is -1.09. The summed E-state index contributed by atoms with van der Waals surface area (Å²) in [5.41, 5.74) is 1.41. The Morgan fingerprint density at radius 2 is 2.05 bits per heavy atom. The molecule has 0 aliphatic rings. The van der Waals surface area contributed by atoms with Crippen LogP contribution in [0.25, 0.3) is 0 Å². The fourth-order valence-electron chi connectivity index (χ4n) is 1.50. The summed E-state index contributed by atoms with van der Waals surface area (Å²) >= 11 is 0. The number of nitrogens with one attached hydrogen (secondary N) is 1. The van der Waals surface area contributed by atoms with Gasteiger partial charge in [0.05, 0.1) is 33.7 Å². The van der Waals surface area contributed by atoms with Crippen LogP contribution in [-0.2, 0) is 11.0 Å². The Hall–Kier alpha value is -1.08. The number of rotatable bonds is 6. The van der Waals surface area contributed by atoms with Crippen molar-refractivity contribution in [3.63, 3.8) is 0 Å². The maximum absolute atomic E-state index is 12.1. The van der Waals surface area contributed by atoms with E-state index in [0.29, 0.717) is 11.4 Å². The lowest BCUT2D eigenvalue weighted by Gasteiger charge is -2.22. The number of nitrogens with zero attached hydrogens (tertiary/aromatic N) is 1. The van der Waals surface area contributed by atoms with Crippen LogP contribution in [0.15, 0.2) is 12.3 Å². The molecule has 1 aromatic rings. The molecular formula is C14H22F2N2O2S. The molecule has 0 saturated heterocycles. The lowest BCUT2D eigenvalue weighted by Crippen LogP contribution is -2.35. The first-order valence-electron chi connectivity index (χ1n) is 6.66. The number of ether oxygens (including phenoxy) is 1. The first-order valence-corrected chi connectivity index (χ1v) is 7.81. The van der Waals surface area contributed by atoms with Gasteiger partial charge in [-0.25, -0.2) is 17.7 Å². The summed E-state index contributed by atoms with van der Waals surface area (Å²) in [6.45, 7) is 8.60. The molecule has 2 atom stereocenters. The van der Waals surface area contributed by atoms with Crippen molar-refractivity contribution in [2.24, 2.45) is 0 Å². The zero-order chi connectivity index (χ0) is 16.2. The number of aromatic nitrogens is 1. The largest absolute Gasteiger partial charge is 0.486 e. The van der Waals surface area contributed by atoms with Gasteiger partial charge < -0.3 is 4.74 Å². The molecule has 0 aliphatic carbocycles. The third-order valence-electron chi connectivity index (χ3n) is 2.73. The standard InChI is InChI=1S/C14H22F2N2O2S/c1-9-6-11(10(2)18-21(19)14(3,4)5)17-7-12(9)20-8-13(15)16/h6-7,10,13,18H,8H2,1-5H3. The minimum absolute atomic E-state index is 0.215. The van der Waals surface area contributed by atoms with Crippen LogP contribution >= 0.6 is 0 Å².